The maximum atomic E-state index is 13.1. The predicted molar refractivity (Wildman–Crippen MR) is 136 cm³/mol. The summed E-state index contributed by atoms with van der Waals surface area (Å²) in [7, 11) is -3.62. The zero-order valence-electron chi connectivity index (χ0n) is 20.4. The zero-order valence-corrected chi connectivity index (χ0v) is 22.1. The maximum absolute atomic E-state index is 13.1. The molecule has 3 rings (SSSR count). The van der Waals surface area contributed by atoms with Crippen LogP contribution in [-0.4, -0.2) is 49.4 Å². The molecule has 12 heteroatoms. The number of anilines is 1. The van der Waals surface area contributed by atoms with Crippen LogP contribution in [0.1, 0.15) is 51.3 Å². The number of carbonyl (C=O) groups is 3. The minimum atomic E-state index is -3.62. The number of thiophene rings is 1. The van der Waals surface area contributed by atoms with Crippen molar-refractivity contribution in [1.29, 1.82) is 0 Å². The average Bonchev–Trinajstić information content (AvgIpc) is 3.29. The van der Waals surface area contributed by atoms with Gasteiger partial charge in [0.05, 0.1) is 12.2 Å². The highest BCUT2D eigenvalue weighted by Gasteiger charge is 2.49. The normalized spacial score (nSPS) is 19.2. The highest BCUT2D eigenvalue weighted by molar-refractivity contribution is 7.92. The third-order valence-corrected chi connectivity index (χ3v) is 9.74. The summed E-state index contributed by atoms with van der Waals surface area (Å²) < 4.78 is 30.0. The molecule has 1 saturated heterocycles. The second-order valence-corrected chi connectivity index (χ2v) is 13.1. The van der Waals surface area contributed by atoms with Crippen LogP contribution in [-0.2, 0) is 28.9 Å². The second-order valence-electron chi connectivity index (χ2n) is 9.63. The molecule has 1 aliphatic rings. The van der Waals surface area contributed by atoms with E-state index in [1.54, 1.807) is 56.6 Å². The van der Waals surface area contributed by atoms with Gasteiger partial charge in [0.25, 0.3) is 0 Å². The number of nitrogens with one attached hydrogen (secondary N) is 3. The summed E-state index contributed by atoms with van der Waals surface area (Å²) in [6.07, 6.45) is 0.437. The molecule has 1 aromatic heterocycles. The van der Waals surface area contributed by atoms with Crippen molar-refractivity contribution in [1.82, 2.24) is 10.8 Å². The maximum Gasteiger partial charge on any atom is 0.408 e. The summed E-state index contributed by atoms with van der Waals surface area (Å²) in [6.45, 7) is 4.90. The van der Waals surface area contributed by atoms with Crippen molar-refractivity contribution in [3.8, 4) is 10.4 Å². The van der Waals surface area contributed by atoms with Crippen LogP contribution < -0.4 is 16.1 Å². The molecule has 1 aliphatic heterocycles. The summed E-state index contributed by atoms with van der Waals surface area (Å²) >= 11 is 1.27. The molecule has 0 saturated carbocycles. The Bertz CT molecular complexity index is 1230. The molecule has 2 aromatic rings. The van der Waals surface area contributed by atoms with Crippen LogP contribution in [0.15, 0.2) is 36.4 Å². The molecule has 196 valence electrons. The van der Waals surface area contributed by atoms with Gasteiger partial charge in [0.2, 0.25) is 11.8 Å². The van der Waals surface area contributed by atoms with Gasteiger partial charge in [-0.1, -0.05) is 18.6 Å². The van der Waals surface area contributed by atoms with Crippen LogP contribution in [0.5, 0.6) is 0 Å². The van der Waals surface area contributed by atoms with Crippen LogP contribution in [0, 0.1) is 0 Å². The van der Waals surface area contributed by atoms with Crippen molar-refractivity contribution < 1.29 is 32.7 Å². The smallest absolute Gasteiger partial charge is 0.408 e. The highest BCUT2D eigenvalue weighted by atomic mass is 32.2. The third kappa shape index (κ3) is 6.62. The first kappa shape index (κ1) is 27.6. The molecule has 0 aliphatic carbocycles. The number of rotatable bonds is 7. The van der Waals surface area contributed by atoms with Gasteiger partial charge >= 0.3 is 6.09 Å². The number of ether oxygens (including phenoxy) is 1. The number of hydrogen-bond donors (Lipinski definition) is 4. The number of hydroxylamine groups is 1. The number of carbonyl (C=O) groups excluding carboxylic acids is 3. The van der Waals surface area contributed by atoms with Gasteiger partial charge in [0.1, 0.15) is 16.9 Å². The first-order valence-corrected chi connectivity index (χ1v) is 13.9. The Labute approximate surface area is 214 Å². The molecule has 0 spiro atoms. The number of amides is 3. The van der Waals surface area contributed by atoms with Crippen LogP contribution in [0.25, 0.3) is 10.4 Å². The van der Waals surface area contributed by atoms with Crippen LogP contribution in [0.3, 0.4) is 0 Å². The van der Waals surface area contributed by atoms with Crippen LogP contribution in [0.4, 0.5) is 10.5 Å². The topological polar surface area (TPSA) is 151 Å². The quantitative estimate of drug-likeness (QED) is 0.311. The third-order valence-electron chi connectivity index (χ3n) is 5.69. The Morgan fingerprint density at radius 2 is 1.86 bits per heavy atom. The fraction of sp³-hybridized carbons (Fsp3) is 0.458. The Hall–Kier alpha value is -2.96. The van der Waals surface area contributed by atoms with Crippen LogP contribution in [0.2, 0.25) is 0 Å². The fourth-order valence-electron chi connectivity index (χ4n) is 4.07. The first-order valence-electron chi connectivity index (χ1n) is 11.5. The van der Waals surface area contributed by atoms with E-state index in [1.165, 1.54) is 11.3 Å². The summed E-state index contributed by atoms with van der Waals surface area (Å²) in [5.74, 6) is -1.20. The van der Waals surface area contributed by atoms with Crippen molar-refractivity contribution in [2.75, 3.05) is 17.6 Å². The lowest BCUT2D eigenvalue weighted by molar-refractivity contribution is -0.130. The Morgan fingerprint density at radius 1 is 1.11 bits per heavy atom. The van der Waals surface area contributed by atoms with Crippen molar-refractivity contribution in [3.05, 3.63) is 41.3 Å². The van der Waals surface area contributed by atoms with E-state index >= 15 is 0 Å². The summed E-state index contributed by atoms with van der Waals surface area (Å²) in [6, 6.07) is 10.5. The van der Waals surface area contributed by atoms with E-state index in [4.69, 9.17) is 9.94 Å². The summed E-state index contributed by atoms with van der Waals surface area (Å²) in [5, 5.41) is 14.2. The summed E-state index contributed by atoms with van der Waals surface area (Å²) in [5.41, 5.74) is 2.14. The minimum absolute atomic E-state index is 0.0161. The van der Waals surface area contributed by atoms with Crippen molar-refractivity contribution in [2.45, 2.75) is 56.8 Å². The van der Waals surface area contributed by atoms with Gasteiger partial charge in [-0.2, -0.15) is 0 Å². The number of alkyl carbamates (subject to hydrolysis) is 1. The molecule has 4 N–H and O–H groups in total. The van der Waals surface area contributed by atoms with Crippen LogP contribution >= 0.6 is 11.3 Å². The molecular formula is C24H31N3O7S2. The molecule has 36 heavy (non-hydrogen) atoms. The molecule has 1 fully saturated rings. The van der Waals surface area contributed by atoms with Gasteiger partial charge in [-0.3, -0.25) is 14.8 Å². The molecule has 2 heterocycles. The molecule has 0 unspecified atom stereocenters. The van der Waals surface area contributed by atoms with E-state index in [0.29, 0.717) is 29.8 Å². The fourth-order valence-corrected chi connectivity index (χ4v) is 7.85. The van der Waals surface area contributed by atoms with E-state index in [2.05, 4.69) is 10.6 Å². The standard InChI is InChI=1S/C24H31N3O7S2/c1-23(2,3)34-22(30)25-15-21(29)26-17-8-6-7-16(13-17)18-9-10-19(35-18)24(14-20(28)27-31)11-4-5-12-36(24,32)33/h6-10,13,31H,4-5,11-12,14-15H2,1-3H3,(H,25,30)(H,26,29)(H,27,28)/t24-/m0/s1. The monoisotopic (exact) mass is 537 g/mol. The Kier molecular flexibility index (Phi) is 8.42. The highest BCUT2D eigenvalue weighted by Crippen LogP contribution is 2.47. The van der Waals surface area contributed by atoms with Gasteiger partial charge in [0, 0.05) is 15.4 Å². The molecule has 0 radical (unpaired) electrons. The van der Waals surface area contributed by atoms with Gasteiger partial charge in [-0.15, -0.1) is 11.3 Å². The first-order chi connectivity index (χ1) is 16.8. The van der Waals surface area contributed by atoms with Gasteiger partial charge < -0.3 is 15.4 Å². The van der Waals surface area contributed by atoms with E-state index in [1.807, 2.05) is 6.07 Å². The molecule has 1 aromatic carbocycles. The minimum Gasteiger partial charge on any atom is -0.444 e. The van der Waals surface area contributed by atoms with Gasteiger partial charge in [-0.25, -0.2) is 18.7 Å². The number of hydrogen-bond acceptors (Lipinski definition) is 8. The number of sulfone groups is 1. The molecule has 1 atom stereocenters. The van der Waals surface area contributed by atoms with E-state index in [0.717, 1.165) is 10.4 Å². The average molecular weight is 538 g/mol. The molecular weight excluding hydrogens is 506 g/mol. The summed E-state index contributed by atoms with van der Waals surface area (Å²) in [4.78, 5) is 37.4. The lowest BCUT2D eigenvalue weighted by Gasteiger charge is -2.35. The van der Waals surface area contributed by atoms with Crippen molar-refractivity contribution >= 4 is 44.8 Å². The van der Waals surface area contributed by atoms with Crippen molar-refractivity contribution in [2.24, 2.45) is 0 Å². The lowest BCUT2D eigenvalue weighted by atomic mass is 9.94. The van der Waals surface area contributed by atoms with Gasteiger partial charge in [-0.05, 0) is 63.4 Å². The largest absolute Gasteiger partial charge is 0.444 e. The van der Waals surface area contributed by atoms with E-state index < -0.39 is 38.1 Å². The second kappa shape index (κ2) is 11.0. The SMILES string of the molecule is CC(C)(C)OC(=O)NCC(=O)Nc1cccc(-c2ccc([C@@]3(CC(=O)NO)CCCCS3(=O)=O)s2)c1. The molecule has 10 nitrogen and oxygen atoms in total. The molecule has 3 amide bonds. The van der Waals surface area contributed by atoms with E-state index in [9.17, 15) is 22.8 Å². The van der Waals surface area contributed by atoms with Gasteiger partial charge in [0.15, 0.2) is 9.84 Å². The van der Waals surface area contributed by atoms with E-state index in [-0.39, 0.29) is 18.7 Å². The number of benzene rings is 1. The predicted octanol–water partition coefficient (Wildman–Crippen LogP) is 3.57. The Balaban J connectivity index is 1.77. The lowest BCUT2D eigenvalue weighted by Crippen LogP contribution is -2.43. The molecule has 0 bridgehead atoms. The Morgan fingerprint density at radius 3 is 2.53 bits per heavy atom. The zero-order chi connectivity index (χ0) is 26.6. The van der Waals surface area contributed by atoms with Crippen molar-refractivity contribution in [3.63, 3.8) is 0 Å².